The van der Waals surface area contributed by atoms with Crippen molar-refractivity contribution in [1.29, 1.82) is 0 Å². The van der Waals surface area contributed by atoms with Crippen LogP contribution >= 0.6 is 0 Å². The van der Waals surface area contributed by atoms with Crippen molar-refractivity contribution >= 4 is 17.7 Å². The van der Waals surface area contributed by atoms with Gasteiger partial charge in [0.15, 0.2) is 0 Å². The van der Waals surface area contributed by atoms with Crippen molar-refractivity contribution in [3.63, 3.8) is 0 Å². The molecule has 0 atom stereocenters. The molecule has 1 fully saturated rings. The molecule has 3 heterocycles. The zero-order valence-corrected chi connectivity index (χ0v) is 14.4. The Bertz CT molecular complexity index is 803. The lowest BCUT2D eigenvalue weighted by Crippen LogP contribution is -2.46. The van der Waals surface area contributed by atoms with Crippen LogP contribution in [0.15, 0.2) is 42.7 Å². The topological polar surface area (TPSA) is 75.5 Å². The predicted molar refractivity (Wildman–Crippen MR) is 93.3 cm³/mol. The van der Waals surface area contributed by atoms with E-state index in [4.69, 9.17) is 0 Å². The highest BCUT2D eigenvalue weighted by molar-refractivity contribution is 6.22. The lowest BCUT2D eigenvalue weighted by atomic mass is 9.97. The van der Waals surface area contributed by atoms with Crippen molar-refractivity contribution in [2.24, 2.45) is 5.92 Å². The molecule has 1 saturated heterocycles. The van der Waals surface area contributed by atoms with E-state index in [1.165, 1.54) is 0 Å². The van der Waals surface area contributed by atoms with E-state index in [1.807, 2.05) is 16.9 Å². The molecule has 4 rings (SSSR count). The molecule has 0 saturated carbocycles. The summed E-state index contributed by atoms with van der Waals surface area (Å²) in [7, 11) is 0. The second-order valence-electron chi connectivity index (χ2n) is 6.79. The molecule has 0 bridgehead atoms. The minimum Gasteiger partial charge on any atom is -0.341 e. The zero-order chi connectivity index (χ0) is 18.1. The third-order valence-electron chi connectivity index (χ3n) is 5.14. The van der Waals surface area contributed by atoms with E-state index in [9.17, 15) is 14.4 Å². The van der Waals surface area contributed by atoms with Crippen molar-refractivity contribution in [3.05, 3.63) is 53.9 Å². The lowest BCUT2D eigenvalue weighted by Gasteiger charge is -2.32. The predicted octanol–water partition coefficient (Wildman–Crippen LogP) is 1.42. The molecule has 26 heavy (non-hydrogen) atoms. The van der Waals surface area contributed by atoms with Crippen molar-refractivity contribution in [2.75, 3.05) is 19.6 Å². The molecule has 0 aliphatic carbocycles. The van der Waals surface area contributed by atoms with Gasteiger partial charge in [-0.05, 0) is 37.0 Å². The van der Waals surface area contributed by atoms with Crippen molar-refractivity contribution in [2.45, 2.75) is 19.4 Å². The highest BCUT2D eigenvalue weighted by atomic mass is 16.2. The van der Waals surface area contributed by atoms with Crippen LogP contribution in [0.3, 0.4) is 0 Å². The van der Waals surface area contributed by atoms with Crippen LogP contribution in [-0.2, 0) is 11.3 Å². The monoisotopic (exact) mass is 352 g/mol. The Morgan fingerprint density at radius 1 is 1.04 bits per heavy atom. The number of imide groups is 1. The Hall–Kier alpha value is -2.96. The summed E-state index contributed by atoms with van der Waals surface area (Å²) in [6, 6.07) is 8.60. The van der Waals surface area contributed by atoms with Gasteiger partial charge in [0.2, 0.25) is 5.91 Å². The summed E-state index contributed by atoms with van der Waals surface area (Å²) >= 11 is 0. The Labute approximate surface area is 151 Å². The van der Waals surface area contributed by atoms with Crippen LogP contribution in [0.4, 0.5) is 0 Å². The number of benzene rings is 1. The van der Waals surface area contributed by atoms with Gasteiger partial charge in [0.1, 0.15) is 6.54 Å². The maximum Gasteiger partial charge on any atom is 0.262 e. The molecule has 0 unspecified atom stereocenters. The average Bonchev–Trinajstić information content (AvgIpc) is 3.25. The van der Waals surface area contributed by atoms with Crippen molar-refractivity contribution in [3.8, 4) is 0 Å². The quantitative estimate of drug-likeness (QED) is 0.780. The van der Waals surface area contributed by atoms with Gasteiger partial charge in [0.25, 0.3) is 11.8 Å². The van der Waals surface area contributed by atoms with Gasteiger partial charge in [-0.1, -0.05) is 12.1 Å². The highest BCUT2D eigenvalue weighted by Crippen LogP contribution is 2.23. The molecule has 0 spiro atoms. The van der Waals surface area contributed by atoms with Gasteiger partial charge in [-0.2, -0.15) is 5.10 Å². The number of carbonyl (C=O) groups is 3. The van der Waals surface area contributed by atoms with Crippen LogP contribution in [0, 0.1) is 5.92 Å². The Morgan fingerprint density at radius 2 is 1.69 bits per heavy atom. The molecular weight excluding hydrogens is 332 g/mol. The first-order valence-electron chi connectivity index (χ1n) is 8.84. The van der Waals surface area contributed by atoms with Gasteiger partial charge in [-0.25, -0.2) is 0 Å². The maximum atomic E-state index is 12.6. The lowest BCUT2D eigenvalue weighted by molar-refractivity contribution is -0.132. The van der Waals surface area contributed by atoms with Crippen molar-refractivity contribution < 1.29 is 14.4 Å². The second-order valence-corrected chi connectivity index (χ2v) is 6.79. The number of carbonyl (C=O) groups excluding carboxylic acids is 3. The second kappa shape index (κ2) is 6.74. The summed E-state index contributed by atoms with van der Waals surface area (Å²) in [6.45, 7) is 1.96. The number of amides is 3. The van der Waals surface area contributed by atoms with E-state index in [0.29, 0.717) is 30.1 Å². The summed E-state index contributed by atoms with van der Waals surface area (Å²) in [6.07, 6.45) is 5.50. The first kappa shape index (κ1) is 16.5. The van der Waals surface area contributed by atoms with Gasteiger partial charge in [-0.3, -0.25) is 24.0 Å². The number of piperidine rings is 1. The largest absolute Gasteiger partial charge is 0.341 e. The Morgan fingerprint density at radius 3 is 2.27 bits per heavy atom. The van der Waals surface area contributed by atoms with E-state index in [2.05, 4.69) is 5.10 Å². The molecule has 7 heteroatoms. The molecule has 2 aliphatic heterocycles. The van der Waals surface area contributed by atoms with Crippen LogP contribution in [0.25, 0.3) is 0 Å². The first-order valence-corrected chi connectivity index (χ1v) is 8.84. The third kappa shape index (κ3) is 3.00. The highest BCUT2D eigenvalue weighted by Gasteiger charge is 2.37. The summed E-state index contributed by atoms with van der Waals surface area (Å²) in [5, 5.41) is 4.22. The number of likely N-dealkylation sites (tertiary alicyclic amines) is 1. The van der Waals surface area contributed by atoms with Crippen LogP contribution in [0.2, 0.25) is 0 Å². The minimum atomic E-state index is -0.382. The fraction of sp³-hybridized carbons (Fsp3) is 0.368. The zero-order valence-electron chi connectivity index (χ0n) is 14.4. The number of hydrogen-bond donors (Lipinski definition) is 0. The van der Waals surface area contributed by atoms with E-state index in [1.54, 1.807) is 35.4 Å². The van der Waals surface area contributed by atoms with Crippen LogP contribution in [0.1, 0.15) is 33.6 Å². The van der Waals surface area contributed by atoms with Crippen LogP contribution in [0.5, 0.6) is 0 Å². The van der Waals surface area contributed by atoms with Crippen LogP contribution < -0.4 is 0 Å². The summed E-state index contributed by atoms with van der Waals surface area (Å²) in [4.78, 5) is 40.2. The Balaban J connectivity index is 1.34. The van der Waals surface area contributed by atoms with E-state index in [0.717, 1.165) is 24.3 Å². The van der Waals surface area contributed by atoms with E-state index < -0.39 is 0 Å². The smallest absolute Gasteiger partial charge is 0.262 e. The molecule has 2 aromatic rings. The molecule has 7 nitrogen and oxygen atoms in total. The molecule has 1 aromatic heterocycles. The number of hydrogen-bond acceptors (Lipinski definition) is 4. The fourth-order valence-electron chi connectivity index (χ4n) is 3.66. The molecule has 134 valence electrons. The number of rotatable bonds is 4. The summed E-state index contributed by atoms with van der Waals surface area (Å²) in [5.41, 5.74) is 0.756. The molecular formula is C19H20N4O3. The molecule has 0 radical (unpaired) electrons. The molecule has 0 N–H and O–H groups in total. The molecule has 3 amide bonds. The van der Waals surface area contributed by atoms with Crippen molar-refractivity contribution in [1.82, 2.24) is 19.6 Å². The third-order valence-corrected chi connectivity index (χ3v) is 5.14. The standard InChI is InChI=1S/C19H20N4O3/c24-17(13-23-18(25)15-4-1-2-5-16(15)19(23)26)21-10-6-14(7-11-21)12-22-9-3-8-20-22/h1-5,8-9,14H,6-7,10-13H2. The van der Waals surface area contributed by atoms with Crippen LogP contribution in [-0.4, -0.2) is 56.9 Å². The number of fused-ring (bicyclic) bond motifs is 1. The summed E-state index contributed by atoms with van der Waals surface area (Å²) < 4.78 is 1.92. The Kier molecular flexibility index (Phi) is 4.28. The first-order chi connectivity index (χ1) is 12.6. The number of aromatic nitrogens is 2. The van der Waals surface area contributed by atoms with Gasteiger partial charge in [-0.15, -0.1) is 0 Å². The maximum absolute atomic E-state index is 12.6. The normalized spacial score (nSPS) is 17.7. The molecule has 1 aromatic carbocycles. The van der Waals surface area contributed by atoms with E-state index in [-0.39, 0.29) is 24.3 Å². The number of nitrogens with zero attached hydrogens (tertiary/aromatic N) is 4. The van der Waals surface area contributed by atoms with Gasteiger partial charge in [0.05, 0.1) is 11.1 Å². The SMILES string of the molecule is O=C(CN1C(=O)c2ccccc2C1=O)N1CCC(Cn2cccn2)CC1. The summed E-state index contributed by atoms with van der Waals surface area (Å²) in [5.74, 6) is -0.449. The average molecular weight is 352 g/mol. The van der Waals surface area contributed by atoms with Gasteiger partial charge in [0, 0.05) is 32.0 Å². The van der Waals surface area contributed by atoms with Gasteiger partial charge >= 0.3 is 0 Å². The molecule has 2 aliphatic rings. The van der Waals surface area contributed by atoms with E-state index >= 15 is 0 Å². The fourth-order valence-corrected chi connectivity index (χ4v) is 3.66. The minimum absolute atomic E-state index is 0.169. The van der Waals surface area contributed by atoms with Gasteiger partial charge < -0.3 is 4.90 Å².